The van der Waals surface area contributed by atoms with Crippen molar-refractivity contribution in [2.45, 2.75) is 25.4 Å². The average molecular weight is 132 g/mol. The average Bonchev–Trinajstić information content (AvgIpc) is 2.45. The molecule has 1 unspecified atom stereocenters. The van der Waals surface area contributed by atoms with Crippen LogP contribution in [0.4, 0.5) is 0 Å². The van der Waals surface area contributed by atoms with Gasteiger partial charge in [-0.25, -0.2) is 0 Å². The summed E-state index contributed by atoms with van der Waals surface area (Å²) in [5, 5.41) is 0. The van der Waals surface area contributed by atoms with Crippen LogP contribution >= 0.6 is 12.6 Å². The zero-order valence-corrected chi connectivity index (χ0v) is 6.08. The third-order valence-corrected chi connectivity index (χ3v) is 1.82. The Morgan fingerprint density at radius 2 is 2.38 bits per heavy atom. The number of thiol groups is 1. The molecule has 0 radical (unpaired) electrons. The van der Waals surface area contributed by atoms with Crippen molar-refractivity contribution >= 4 is 12.6 Å². The molecule has 0 aromatic rings. The summed E-state index contributed by atoms with van der Waals surface area (Å²) in [4.78, 5) is 0. The van der Waals surface area contributed by atoms with E-state index in [1.54, 1.807) is 0 Å². The first-order valence-corrected chi connectivity index (χ1v) is 3.65. The molecule has 1 nitrogen and oxygen atoms in total. The molecule has 0 bridgehead atoms. The minimum absolute atomic E-state index is 0.253. The second kappa shape index (κ2) is 2.28. The smallest absolute Gasteiger partial charge is 0.0888 e. The molecular weight excluding hydrogens is 120 g/mol. The third kappa shape index (κ3) is 1.67. The molecule has 0 aliphatic carbocycles. The number of epoxide rings is 1. The van der Waals surface area contributed by atoms with Gasteiger partial charge in [0.05, 0.1) is 12.2 Å². The fourth-order valence-corrected chi connectivity index (χ4v) is 0.879. The number of hydrogen-bond acceptors (Lipinski definition) is 2. The van der Waals surface area contributed by atoms with Crippen molar-refractivity contribution in [2.24, 2.45) is 0 Å². The van der Waals surface area contributed by atoms with Crippen LogP contribution < -0.4 is 0 Å². The summed E-state index contributed by atoms with van der Waals surface area (Å²) < 4.78 is 5.16. The first kappa shape index (κ1) is 6.43. The molecule has 0 amide bonds. The Kier molecular flexibility index (Phi) is 1.83. The molecule has 1 aliphatic heterocycles. The lowest BCUT2D eigenvalue weighted by Gasteiger charge is -1.99. The first-order chi connectivity index (χ1) is 3.77. The number of ether oxygens (including phenoxy) is 1. The van der Waals surface area contributed by atoms with E-state index in [1.165, 1.54) is 12.8 Å². The van der Waals surface area contributed by atoms with Gasteiger partial charge in [0, 0.05) is 0 Å². The minimum atomic E-state index is 0.253. The van der Waals surface area contributed by atoms with Gasteiger partial charge in [-0.05, 0) is 25.5 Å². The van der Waals surface area contributed by atoms with Gasteiger partial charge in [0.15, 0.2) is 0 Å². The number of hydrogen-bond donors (Lipinski definition) is 1. The van der Waals surface area contributed by atoms with Gasteiger partial charge in [0.2, 0.25) is 0 Å². The standard InChI is InChI=1S/C6H12OS/c1-6(5-7-6)3-2-4-8/h8H,2-5H2,1H3. The number of rotatable bonds is 3. The van der Waals surface area contributed by atoms with Crippen molar-refractivity contribution in [3.63, 3.8) is 0 Å². The van der Waals surface area contributed by atoms with Crippen LogP contribution in [0.25, 0.3) is 0 Å². The molecule has 0 N–H and O–H groups in total. The minimum Gasteiger partial charge on any atom is -0.370 e. The van der Waals surface area contributed by atoms with Crippen LogP contribution in [0.1, 0.15) is 19.8 Å². The van der Waals surface area contributed by atoms with Gasteiger partial charge in [-0.15, -0.1) is 0 Å². The summed E-state index contributed by atoms with van der Waals surface area (Å²) in [5.74, 6) is 0.985. The molecule has 0 aromatic heterocycles. The van der Waals surface area contributed by atoms with Crippen LogP contribution in [-0.4, -0.2) is 18.0 Å². The highest BCUT2D eigenvalue weighted by Crippen LogP contribution is 2.30. The first-order valence-electron chi connectivity index (χ1n) is 3.02. The van der Waals surface area contributed by atoms with Gasteiger partial charge in [0.1, 0.15) is 0 Å². The second-order valence-electron chi connectivity index (χ2n) is 2.57. The Morgan fingerprint density at radius 3 is 2.75 bits per heavy atom. The van der Waals surface area contributed by atoms with Crippen molar-refractivity contribution in [3.8, 4) is 0 Å². The van der Waals surface area contributed by atoms with Gasteiger partial charge in [-0.2, -0.15) is 12.6 Å². The summed E-state index contributed by atoms with van der Waals surface area (Å²) in [5.41, 5.74) is 0.253. The molecule has 1 heterocycles. The Labute approximate surface area is 55.8 Å². The van der Waals surface area contributed by atoms with Crippen LogP contribution in [0, 0.1) is 0 Å². The third-order valence-electron chi connectivity index (χ3n) is 1.50. The lowest BCUT2D eigenvalue weighted by molar-refractivity contribution is 0.308. The Balaban J connectivity index is 2.01. The quantitative estimate of drug-likeness (QED) is 0.453. The van der Waals surface area contributed by atoms with Crippen LogP contribution in [0.5, 0.6) is 0 Å². The fourth-order valence-electron chi connectivity index (χ4n) is 0.721. The van der Waals surface area contributed by atoms with Crippen LogP contribution in [0.3, 0.4) is 0 Å². The van der Waals surface area contributed by atoms with E-state index in [-0.39, 0.29) is 5.60 Å². The van der Waals surface area contributed by atoms with Gasteiger partial charge in [-0.1, -0.05) is 0 Å². The van der Waals surface area contributed by atoms with Gasteiger partial charge in [0.25, 0.3) is 0 Å². The molecule has 1 atom stereocenters. The molecule has 1 rings (SSSR count). The van der Waals surface area contributed by atoms with E-state index < -0.39 is 0 Å². The van der Waals surface area contributed by atoms with Crippen molar-refractivity contribution in [1.82, 2.24) is 0 Å². The van der Waals surface area contributed by atoms with Crippen LogP contribution in [-0.2, 0) is 4.74 Å². The van der Waals surface area contributed by atoms with E-state index in [0.29, 0.717) is 0 Å². The summed E-state index contributed by atoms with van der Waals surface area (Å²) in [6, 6.07) is 0. The molecule has 1 aliphatic rings. The van der Waals surface area contributed by atoms with Crippen molar-refractivity contribution in [3.05, 3.63) is 0 Å². The lowest BCUT2D eigenvalue weighted by atomic mass is 10.1. The Hall–Kier alpha value is 0.310. The largest absolute Gasteiger partial charge is 0.370 e. The maximum Gasteiger partial charge on any atom is 0.0888 e. The zero-order valence-electron chi connectivity index (χ0n) is 5.18. The van der Waals surface area contributed by atoms with E-state index in [4.69, 9.17) is 4.74 Å². The maximum atomic E-state index is 5.16. The molecule has 8 heavy (non-hydrogen) atoms. The normalized spacial score (nSPS) is 35.2. The lowest BCUT2D eigenvalue weighted by Crippen LogP contribution is -2.03. The van der Waals surface area contributed by atoms with Gasteiger partial charge in [-0.3, -0.25) is 0 Å². The second-order valence-corrected chi connectivity index (χ2v) is 3.01. The molecular formula is C6H12OS. The highest BCUT2D eigenvalue weighted by Gasteiger charge is 2.37. The molecule has 0 aromatic carbocycles. The molecule has 48 valence electrons. The molecule has 1 saturated heterocycles. The summed E-state index contributed by atoms with van der Waals surface area (Å²) in [6.07, 6.45) is 2.36. The highest BCUT2D eigenvalue weighted by molar-refractivity contribution is 7.80. The maximum absolute atomic E-state index is 5.16. The Bertz CT molecular complexity index is 78.6. The van der Waals surface area contributed by atoms with E-state index in [9.17, 15) is 0 Å². The van der Waals surface area contributed by atoms with Gasteiger partial charge < -0.3 is 4.74 Å². The zero-order chi connectivity index (χ0) is 6.04. The van der Waals surface area contributed by atoms with Crippen LogP contribution in [0.15, 0.2) is 0 Å². The van der Waals surface area contributed by atoms with Crippen molar-refractivity contribution in [1.29, 1.82) is 0 Å². The molecule has 1 fully saturated rings. The monoisotopic (exact) mass is 132 g/mol. The fraction of sp³-hybridized carbons (Fsp3) is 1.00. The summed E-state index contributed by atoms with van der Waals surface area (Å²) in [7, 11) is 0. The molecule has 2 heteroatoms. The van der Waals surface area contributed by atoms with E-state index in [0.717, 1.165) is 12.4 Å². The van der Waals surface area contributed by atoms with Crippen molar-refractivity contribution < 1.29 is 4.74 Å². The molecule has 0 spiro atoms. The Morgan fingerprint density at radius 1 is 1.75 bits per heavy atom. The van der Waals surface area contributed by atoms with Gasteiger partial charge >= 0.3 is 0 Å². The highest BCUT2D eigenvalue weighted by atomic mass is 32.1. The summed E-state index contributed by atoms with van der Waals surface area (Å²) >= 11 is 4.10. The summed E-state index contributed by atoms with van der Waals surface area (Å²) in [6.45, 7) is 3.11. The van der Waals surface area contributed by atoms with E-state index in [2.05, 4.69) is 19.6 Å². The van der Waals surface area contributed by atoms with Crippen LogP contribution in [0.2, 0.25) is 0 Å². The topological polar surface area (TPSA) is 12.5 Å². The predicted octanol–water partition coefficient (Wildman–Crippen LogP) is 1.49. The van der Waals surface area contributed by atoms with E-state index in [1.807, 2.05) is 0 Å². The predicted molar refractivity (Wildman–Crippen MR) is 37.4 cm³/mol. The molecule has 0 saturated carbocycles. The van der Waals surface area contributed by atoms with Crippen molar-refractivity contribution in [2.75, 3.05) is 12.4 Å². The van der Waals surface area contributed by atoms with E-state index >= 15 is 0 Å². The SMILES string of the molecule is CC1(CCCS)CO1.